The summed E-state index contributed by atoms with van der Waals surface area (Å²) >= 11 is 0. The third-order valence-electron chi connectivity index (χ3n) is 4.84. The molecule has 2 unspecified atom stereocenters. The maximum absolute atomic E-state index is 13.4. The van der Waals surface area contributed by atoms with Crippen LogP contribution in [0.4, 0.5) is 24.5 Å². The maximum atomic E-state index is 13.4. The molecule has 10 heteroatoms. The predicted molar refractivity (Wildman–Crippen MR) is 107 cm³/mol. The number of benzene rings is 1. The van der Waals surface area contributed by atoms with Gasteiger partial charge in [0.1, 0.15) is 10.9 Å². The Morgan fingerprint density at radius 2 is 1.97 bits per heavy atom. The van der Waals surface area contributed by atoms with Gasteiger partial charge in [0.15, 0.2) is 0 Å². The highest BCUT2D eigenvalue weighted by Gasteiger charge is 2.53. The van der Waals surface area contributed by atoms with Gasteiger partial charge in [0, 0.05) is 18.1 Å². The Labute approximate surface area is 170 Å². The third kappa shape index (κ3) is 3.64. The first-order valence-corrected chi connectivity index (χ1v) is 10.4. The number of rotatable bonds is 3. The molecular formula is C20H16F3N3O3S. The van der Waals surface area contributed by atoms with Crippen LogP contribution in [0.5, 0.6) is 0 Å². The van der Waals surface area contributed by atoms with E-state index in [2.05, 4.69) is 9.73 Å². The summed E-state index contributed by atoms with van der Waals surface area (Å²) in [6.45, 7) is 0. The number of halogens is 3. The summed E-state index contributed by atoms with van der Waals surface area (Å²) in [7, 11) is -4.44. The van der Waals surface area contributed by atoms with Crippen LogP contribution in [0.1, 0.15) is 0 Å². The Morgan fingerprint density at radius 1 is 1.20 bits per heavy atom. The largest absolute Gasteiger partial charge is 0.523 e. The first kappa shape index (κ1) is 20.3. The van der Waals surface area contributed by atoms with Crippen molar-refractivity contribution in [3.05, 3.63) is 84.3 Å². The Hall–Kier alpha value is -2.95. The van der Waals surface area contributed by atoms with Crippen molar-refractivity contribution in [3.63, 3.8) is 0 Å². The molecule has 2 N–H and O–H groups in total. The Bertz CT molecular complexity index is 1160. The Kier molecular flexibility index (Phi) is 4.80. The van der Waals surface area contributed by atoms with Crippen LogP contribution in [0.2, 0.25) is 0 Å². The number of aliphatic imine (C=N–C) groups is 1. The van der Waals surface area contributed by atoms with Crippen molar-refractivity contribution in [3.8, 4) is 0 Å². The minimum atomic E-state index is -5.11. The second-order valence-electron chi connectivity index (χ2n) is 6.74. The van der Waals surface area contributed by atoms with Crippen molar-refractivity contribution in [2.45, 2.75) is 17.2 Å². The van der Waals surface area contributed by atoms with Gasteiger partial charge in [-0.3, -0.25) is 9.73 Å². The fourth-order valence-electron chi connectivity index (χ4n) is 3.64. The molecule has 2 heterocycles. The molecule has 1 aromatic carbocycles. The first-order valence-electron chi connectivity index (χ1n) is 8.78. The number of para-hydroxylation sites is 2. The first-order chi connectivity index (χ1) is 14.1. The summed E-state index contributed by atoms with van der Waals surface area (Å²) in [5.74, 6) is 0. The summed E-state index contributed by atoms with van der Waals surface area (Å²) in [5.41, 5.74) is -0.518. The number of nitrogens with zero attached hydrogens (tertiary/aromatic N) is 2. The van der Waals surface area contributed by atoms with Crippen LogP contribution in [0.3, 0.4) is 0 Å². The summed E-state index contributed by atoms with van der Waals surface area (Å²) in [6, 6.07) is 7.24. The van der Waals surface area contributed by atoms with Crippen LogP contribution in [0.25, 0.3) is 0 Å². The molecule has 1 aromatic rings. The molecule has 30 heavy (non-hydrogen) atoms. The number of anilines is 1. The lowest BCUT2D eigenvalue weighted by Crippen LogP contribution is -2.53. The molecule has 0 bridgehead atoms. The minimum Gasteiger partial charge on any atom is -0.315 e. The van der Waals surface area contributed by atoms with Gasteiger partial charge in [-0.2, -0.15) is 0 Å². The topological polar surface area (TPSA) is 85.0 Å². The van der Waals surface area contributed by atoms with E-state index >= 15 is 0 Å². The normalized spacial score (nSPS) is 25.3. The number of nitrogens with two attached hydrogens (primary N) is 1. The van der Waals surface area contributed by atoms with E-state index in [1.54, 1.807) is 23.2 Å². The highest BCUT2D eigenvalue weighted by Crippen LogP contribution is 2.43. The van der Waals surface area contributed by atoms with Gasteiger partial charge < -0.3 is 4.90 Å². The lowest BCUT2D eigenvalue weighted by Gasteiger charge is -2.40. The number of hydrogen-bond acceptors (Lipinski definition) is 5. The van der Waals surface area contributed by atoms with Gasteiger partial charge in [-0.25, -0.2) is 13.6 Å². The zero-order valence-corrected chi connectivity index (χ0v) is 16.1. The van der Waals surface area contributed by atoms with Crippen molar-refractivity contribution in [1.82, 2.24) is 0 Å². The Morgan fingerprint density at radius 3 is 2.70 bits per heavy atom. The zero-order valence-electron chi connectivity index (χ0n) is 15.3. The van der Waals surface area contributed by atoms with Gasteiger partial charge in [0.25, 0.3) is 0 Å². The summed E-state index contributed by atoms with van der Waals surface area (Å²) < 4.78 is 68.9. The smallest absolute Gasteiger partial charge is 0.315 e. The summed E-state index contributed by atoms with van der Waals surface area (Å²) in [4.78, 5) is 6.06. The van der Waals surface area contributed by atoms with Crippen molar-refractivity contribution < 1.29 is 26.3 Å². The van der Waals surface area contributed by atoms with E-state index in [-0.39, 0.29) is 5.57 Å². The number of primary sulfonamides is 1. The van der Waals surface area contributed by atoms with Crippen molar-refractivity contribution in [1.29, 1.82) is 0 Å². The molecule has 0 fully saturated rings. The highest BCUT2D eigenvalue weighted by molar-refractivity contribution is 7.90. The van der Waals surface area contributed by atoms with Gasteiger partial charge in [-0.15, -0.1) is 13.2 Å². The summed E-state index contributed by atoms with van der Waals surface area (Å²) in [5, 5.41) is 3.50. The van der Waals surface area contributed by atoms with Crippen molar-refractivity contribution in [2.24, 2.45) is 10.1 Å². The van der Waals surface area contributed by atoms with Crippen LogP contribution >= 0.6 is 0 Å². The number of sulfonamides is 1. The molecule has 3 aliphatic rings. The second-order valence-corrected chi connectivity index (χ2v) is 8.42. The van der Waals surface area contributed by atoms with Crippen LogP contribution in [0, 0.1) is 0 Å². The minimum absolute atomic E-state index is 0.0188. The van der Waals surface area contributed by atoms with E-state index in [9.17, 15) is 21.6 Å². The van der Waals surface area contributed by atoms with Gasteiger partial charge in [-0.05, 0) is 42.0 Å². The molecule has 1 aliphatic carbocycles. The molecule has 0 saturated heterocycles. The highest BCUT2D eigenvalue weighted by atomic mass is 32.2. The molecular weight excluding hydrogens is 419 g/mol. The van der Waals surface area contributed by atoms with Crippen molar-refractivity contribution in [2.75, 3.05) is 4.90 Å². The molecule has 2 atom stereocenters. The molecule has 4 rings (SSSR count). The molecule has 0 saturated carbocycles. The van der Waals surface area contributed by atoms with Gasteiger partial charge in [-0.1, -0.05) is 30.4 Å². The summed E-state index contributed by atoms with van der Waals surface area (Å²) in [6.07, 6.45) is 7.13. The molecule has 0 spiro atoms. The average molecular weight is 435 g/mol. The second kappa shape index (κ2) is 7.08. The number of allylic oxidation sites excluding steroid dienone is 4. The average Bonchev–Trinajstić information content (AvgIpc) is 2.85. The van der Waals surface area contributed by atoms with E-state index in [4.69, 9.17) is 5.14 Å². The van der Waals surface area contributed by atoms with Gasteiger partial charge >= 0.3 is 6.36 Å². The molecule has 0 amide bonds. The van der Waals surface area contributed by atoms with E-state index in [1.165, 1.54) is 30.5 Å². The standard InChI is InChI=1S/C20H16F3N3O3S/c21-20(22,23)29-19(10-4-3-7-18(19)30(24,27)28)14-9-12-26-15(13-14)8-11-25-16-5-1-2-6-17(16)26/h1-13,18H,(H2,24,27,28). The molecule has 2 aliphatic heterocycles. The number of ether oxygens (including phenoxy) is 1. The van der Waals surface area contributed by atoms with Crippen LogP contribution < -0.4 is 10.0 Å². The lowest BCUT2D eigenvalue weighted by atomic mass is 9.84. The monoisotopic (exact) mass is 435 g/mol. The third-order valence-corrected chi connectivity index (χ3v) is 6.05. The fraction of sp³-hybridized carbons (Fsp3) is 0.150. The SMILES string of the molecule is NS(=O)(=O)C1C=CC=CC1(OC(F)(F)F)C1=CC2=CC=Nc3ccccc3N2C=C1. The molecule has 156 valence electrons. The Balaban J connectivity index is 1.86. The van der Waals surface area contributed by atoms with E-state index in [0.717, 1.165) is 17.8 Å². The van der Waals surface area contributed by atoms with Crippen LogP contribution in [-0.2, 0) is 14.8 Å². The van der Waals surface area contributed by atoms with E-state index < -0.39 is 27.2 Å². The number of hydrogen-bond donors (Lipinski definition) is 1. The zero-order chi connectivity index (χ0) is 21.6. The molecule has 0 radical (unpaired) electrons. The van der Waals surface area contributed by atoms with Gasteiger partial charge in [0.05, 0.1) is 11.4 Å². The maximum Gasteiger partial charge on any atom is 0.523 e. The van der Waals surface area contributed by atoms with E-state index in [1.807, 2.05) is 18.2 Å². The molecule has 6 nitrogen and oxygen atoms in total. The van der Waals surface area contributed by atoms with Gasteiger partial charge in [0.2, 0.25) is 10.0 Å². The lowest BCUT2D eigenvalue weighted by molar-refractivity contribution is -0.350. The quantitative estimate of drug-likeness (QED) is 0.786. The predicted octanol–water partition coefficient (Wildman–Crippen LogP) is 3.60. The van der Waals surface area contributed by atoms with E-state index in [0.29, 0.717) is 11.4 Å². The number of fused-ring (bicyclic) bond motifs is 3. The van der Waals surface area contributed by atoms with Crippen molar-refractivity contribution >= 4 is 27.6 Å². The van der Waals surface area contributed by atoms with Crippen LogP contribution in [-0.4, -0.2) is 31.8 Å². The molecule has 0 aromatic heterocycles. The van der Waals surface area contributed by atoms with Crippen LogP contribution in [0.15, 0.2) is 89.3 Å². The number of alkyl halides is 3. The fourth-order valence-corrected chi connectivity index (χ4v) is 4.70.